The Hall–Kier alpha value is -2.19. The molecule has 0 spiro atoms. The van der Waals surface area contributed by atoms with Crippen molar-refractivity contribution >= 4 is 34.6 Å². The lowest BCUT2D eigenvalue weighted by Crippen LogP contribution is -2.28. The standard InChI is InChI=1S/C17H16ClF3N2O2S/c1-24-11-4-6-15(25-2)14(8-11)23-16(26)22-9-10-3-5-13(18)12(7-10)17(19,20)21/h3-8H,9H2,1-2H3,(H2,22,23,26). The summed E-state index contributed by atoms with van der Waals surface area (Å²) in [7, 11) is 3.04. The van der Waals surface area contributed by atoms with Gasteiger partial charge in [0.2, 0.25) is 0 Å². The average molecular weight is 405 g/mol. The lowest BCUT2D eigenvalue weighted by molar-refractivity contribution is -0.137. The second-order valence-electron chi connectivity index (χ2n) is 5.19. The highest BCUT2D eigenvalue weighted by Gasteiger charge is 2.33. The van der Waals surface area contributed by atoms with Crippen molar-refractivity contribution in [3.05, 3.63) is 52.5 Å². The van der Waals surface area contributed by atoms with E-state index in [2.05, 4.69) is 10.6 Å². The van der Waals surface area contributed by atoms with E-state index >= 15 is 0 Å². The van der Waals surface area contributed by atoms with Crippen molar-refractivity contribution in [2.24, 2.45) is 0 Å². The Balaban J connectivity index is 2.06. The number of benzene rings is 2. The van der Waals surface area contributed by atoms with Gasteiger partial charge in [0.15, 0.2) is 5.11 Å². The summed E-state index contributed by atoms with van der Waals surface area (Å²) in [6.45, 7) is 0.0956. The van der Waals surface area contributed by atoms with Gasteiger partial charge in [-0.15, -0.1) is 0 Å². The fourth-order valence-corrected chi connectivity index (χ4v) is 2.57. The second-order valence-corrected chi connectivity index (χ2v) is 6.00. The number of halogens is 4. The fourth-order valence-electron chi connectivity index (χ4n) is 2.16. The number of alkyl halides is 3. The van der Waals surface area contributed by atoms with E-state index in [0.29, 0.717) is 22.7 Å². The van der Waals surface area contributed by atoms with Crippen molar-refractivity contribution in [2.75, 3.05) is 19.5 Å². The predicted octanol–water partition coefficient (Wildman–Crippen LogP) is 4.86. The topological polar surface area (TPSA) is 42.5 Å². The molecule has 0 amide bonds. The molecule has 0 saturated heterocycles. The van der Waals surface area contributed by atoms with Crippen molar-refractivity contribution in [1.29, 1.82) is 0 Å². The summed E-state index contributed by atoms with van der Waals surface area (Å²) in [6.07, 6.45) is -4.51. The van der Waals surface area contributed by atoms with E-state index in [9.17, 15) is 13.2 Å². The van der Waals surface area contributed by atoms with Crippen LogP contribution in [0.3, 0.4) is 0 Å². The Morgan fingerprint density at radius 3 is 2.46 bits per heavy atom. The maximum atomic E-state index is 12.9. The van der Waals surface area contributed by atoms with Gasteiger partial charge in [-0.2, -0.15) is 13.2 Å². The van der Waals surface area contributed by atoms with Gasteiger partial charge in [0.05, 0.1) is 30.5 Å². The van der Waals surface area contributed by atoms with Gasteiger partial charge in [0, 0.05) is 12.6 Å². The molecule has 2 aromatic rings. The number of nitrogens with one attached hydrogen (secondary N) is 2. The summed E-state index contributed by atoms with van der Waals surface area (Å²) in [5.74, 6) is 1.14. The second kappa shape index (κ2) is 8.46. The molecular formula is C17H16ClF3N2O2S. The smallest absolute Gasteiger partial charge is 0.417 e. The Bertz CT molecular complexity index is 800. The van der Waals surface area contributed by atoms with Crippen LogP contribution >= 0.6 is 23.8 Å². The zero-order valence-electron chi connectivity index (χ0n) is 13.9. The summed E-state index contributed by atoms with van der Waals surface area (Å²) in [4.78, 5) is 0. The van der Waals surface area contributed by atoms with Crippen molar-refractivity contribution in [2.45, 2.75) is 12.7 Å². The minimum atomic E-state index is -4.51. The molecule has 0 saturated carbocycles. The Labute approximate surface area is 159 Å². The van der Waals surface area contributed by atoms with Crippen LogP contribution in [0.15, 0.2) is 36.4 Å². The van der Waals surface area contributed by atoms with Gasteiger partial charge in [-0.25, -0.2) is 0 Å². The lowest BCUT2D eigenvalue weighted by atomic mass is 10.1. The van der Waals surface area contributed by atoms with E-state index in [1.807, 2.05) is 0 Å². The molecule has 0 unspecified atom stereocenters. The third-order valence-electron chi connectivity index (χ3n) is 3.44. The van der Waals surface area contributed by atoms with Gasteiger partial charge >= 0.3 is 6.18 Å². The van der Waals surface area contributed by atoms with Crippen molar-refractivity contribution in [1.82, 2.24) is 5.32 Å². The summed E-state index contributed by atoms with van der Waals surface area (Å²) in [5.41, 5.74) is 0.0757. The molecule has 0 atom stereocenters. The summed E-state index contributed by atoms with van der Waals surface area (Å²) < 4.78 is 49.1. The van der Waals surface area contributed by atoms with Gasteiger partial charge in [-0.3, -0.25) is 0 Å². The molecule has 0 bridgehead atoms. The van der Waals surface area contributed by atoms with Gasteiger partial charge in [-0.05, 0) is 42.0 Å². The van der Waals surface area contributed by atoms with Crippen LogP contribution in [-0.4, -0.2) is 19.3 Å². The van der Waals surface area contributed by atoms with Crippen LogP contribution in [0.1, 0.15) is 11.1 Å². The number of methoxy groups -OCH3 is 2. The molecule has 2 rings (SSSR count). The molecule has 4 nitrogen and oxygen atoms in total. The first-order valence-electron chi connectivity index (χ1n) is 7.37. The van der Waals surface area contributed by atoms with E-state index < -0.39 is 11.7 Å². The number of hydrogen-bond donors (Lipinski definition) is 2. The Morgan fingerprint density at radius 1 is 1.12 bits per heavy atom. The van der Waals surface area contributed by atoms with Crippen LogP contribution < -0.4 is 20.1 Å². The van der Waals surface area contributed by atoms with Gasteiger partial charge in [-0.1, -0.05) is 17.7 Å². The van der Waals surface area contributed by atoms with Crippen molar-refractivity contribution in [3.8, 4) is 11.5 Å². The first-order valence-corrected chi connectivity index (χ1v) is 8.15. The van der Waals surface area contributed by atoms with Gasteiger partial charge in [0.25, 0.3) is 0 Å². The number of thiocarbonyl (C=S) groups is 1. The zero-order valence-corrected chi connectivity index (χ0v) is 15.5. The van der Waals surface area contributed by atoms with E-state index in [-0.39, 0.29) is 16.7 Å². The monoisotopic (exact) mass is 404 g/mol. The first-order chi connectivity index (χ1) is 12.2. The number of ether oxygens (including phenoxy) is 2. The predicted molar refractivity (Wildman–Crippen MR) is 99.1 cm³/mol. The number of rotatable bonds is 5. The number of anilines is 1. The quantitative estimate of drug-likeness (QED) is 0.696. The maximum Gasteiger partial charge on any atom is 0.417 e. The van der Waals surface area contributed by atoms with E-state index in [4.69, 9.17) is 33.3 Å². The SMILES string of the molecule is COc1ccc(OC)c(NC(=S)NCc2ccc(Cl)c(C(F)(F)F)c2)c1. The molecule has 0 aliphatic rings. The summed E-state index contributed by atoms with van der Waals surface area (Å²) >= 11 is 10.8. The van der Waals surface area contributed by atoms with E-state index in [1.54, 1.807) is 18.2 Å². The van der Waals surface area contributed by atoms with Crippen LogP contribution in [-0.2, 0) is 12.7 Å². The highest BCUT2D eigenvalue weighted by Crippen LogP contribution is 2.35. The van der Waals surface area contributed by atoms with Gasteiger partial charge < -0.3 is 20.1 Å². The lowest BCUT2D eigenvalue weighted by Gasteiger charge is -2.15. The molecule has 2 N–H and O–H groups in total. The maximum absolute atomic E-state index is 12.9. The highest BCUT2D eigenvalue weighted by atomic mass is 35.5. The van der Waals surface area contributed by atoms with Crippen LogP contribution in [0.2, 0.25) is 5.02 Å². The highest BCUT2D eigenvalue weighted by molar-refractivity contribution is 7.80. The third kappa shape index (κ3) is 5.15. The molecule has 0 aliphatic carbocycles. The minimum Gasteiger partial charge on any atom is -0.497 e. The summed E-state index contributed by atoms with van der Waals surface area (Å²) in [6, 6.07) is 8.83. The summed E-state index contributed by atoms with van der Waals surface area (Å²) in [5, 5.41) is 5.66. The van der Waals surface area contributed by atoms with Crippen LogP contribution in [0.25, 0.3) is 0 Å². The fraction of sp³-hybridized carbons (Fsp3) is 0.235. The normalized spacial score (nSPS) is 11.0. The van der Waals surface area contributed by atoms with Crippen LogP contribution in [0.4, 0.5) is 18.9 Å². The largest absolute Gasteiger partial charge is 0.497 e. The Morgan fingerprint density at radius 2 is 1.85 bits per heavy atom. The van der Waals surface area contributed by atoms with Crippen molar-refractivity contribution < 1.29 is 22.6 Å². The molecule has 0 aromatic heterocycles. The molecule has 0 heterocycles. The number of hydrogen-bond acceptors (Lipinski definition) is 3. The van der Waals surface area contributed by atoms with Crippen LogP contribution in [0, 0.1) is 0 Å². The molecule has 140 valence electrons. The minimum absolute atomic E-state index is 0.0956. The molecule has 0 fully saturated rings. The van der Waals surface area contributed by atoms with Gasteiger partial charge in [0.1, 0.15) is 11.5 Å². The molecule has 9 heteroatoms. The van der Waals surface area contributed by atoms with E-state index in [1.165, 1.54) is 26.4 Å². The third-order valence-corrected chi connectivity index (χ3v) is 4.02. The molecule has 26 heavy (non-hydrogen) atoms. The molecule has 2 aromatic carbocycles. The van der Waals surface area contributed by atoms with Crippen molar-refractivity contribution in [3.63, 3.8) is 0 Å². The van der Waals surface area contributed by atoms with E-state index in [0.717, 1.165) is 6.07 Å². The molecular weight excluding hydrogens is 389 g/mol. The van der Waals surface area contributed by atoms with Crippen LogP contribution in [0.5, 0.6) is 11.5 Å². The average Bonchev–Trinajstić information content (AvgIpc) is 2.60. The zero-order chi connectivity index (χ0) is 19.3. The molecule has 0 radical (unpaired) electrons. The molecule has 0 aliphatic heterocycles. The Kier molecular flexibility index (Phi) is 6.55. The first kappa shape index (κ1) is 20.1.